The number of rotatable bonds is 9. The molecule has 122 valence electrons. The van der Waals surface area contributed by atoms with Gasteiger partial charge in [0.2, 0.25) is 5.91 Å². The lowest BCUT2D eigenvalue weighted by Crippen LogP contribution is -2.41. The quantitative estimate of drug-likeness (QED) is 0.731. The molecule has 6 heteroatoms. The van der Waals surface area contributed by atoms with Gasteiger partial charge in [-0.05, 0) is 19.4 Å². The molecular weight excluding hydrogens is 306 g/mol. The molecule has 0 aliphatic carbocycles. The summed E-state index contributed by atoms with van der Waals surface area (Å²) in [5.74, 6) is -0.896. The molecule has 1 aromatic rings. The molecule has 1 rings (SSSR count). The van der Waals surface area contributed by atoms with E-state index in [9.17, 15) is 9.59 Å². The zero-order chi connectivity index (χ0) is 16.5. The van der Waals surface area contributed by atoms with E-state index in [0.717, 1.165) is 12.8 Å². The van der Waals surface area contributed by atoms with Crippen LogP contribution in [0.2, 0.25) is 5.02 Å². The van der Waals surface area contributed by atoms with Gasteiger partial charge < -0.3 is 15.2 Å². The van der Waals surface area contributed by atoms with Crippen molar-refractivity contribution in [2.75, 3.05) is 6.61 Å². The van der Waals surface area contributed by atoms with E-state index < -0.39 is 12.0 Å². The molecule has 0 radical (unpaired) electrons. The molecule has 0 spiro atoms. The summed E-state index contributed by atoms with van der Waals surface area (Å²) in [6, 6.07) is 4.31. The predicted molar refractivity (Wildman–Crippen MR) is 85.4 cm³/mol. The maximum Gasteiger partial charge on any atom is 0.326 e. The Balaban J connectivity index is 2.75. The van der Waals surface area contributed by atoms with Gasteiger partial charge in [0.25, 0.3) is 0 Å². The van der Waals surface area contributed by atoms with Crippen molar-refractivity contribution in [3.8, 4) is 5.75 Å². The van der Waals surface area contributed by atoms with E-state index in [1.807, 2.05) is 13.8 Å². The number of carboxylic acid groups (broad SMARTS) is 1. The Kier molecular flexibility index (Phi) is 7.74. The molecule has 0 unspecified atom stereocenters. The smallest absolute Gasteiger partial charge is 0.326 e. The highest BCUT2D eigenvalue weighted by molar-refractivity contribution is 6.32. The van der Waals surface area contributed by atoms with Gasteiger partial charge in [0, 0.05) is 5.56 Å². The van der Waals surface area contributed by atoms with Gasteiger partial charge in [-0.2, -0.15) is 0 Å². The number of aliphatic carboxylic acids is 1. The number of ether oxygens (including phenoxy) is 1. The first-order valence-electron chi connectivity index (χ1n) is 7.41. The average molecular weight is 328 g/mol. The van der Waals surface area contributed by atoms with Crippen LogP contribution in [0.5, 0.6) is 5.75 Å². The third-order valence-electron chi connectivity index (χ3n) is 3.17. The lowest BCUT2D eigenvalue weighted by molar-refractivity contribution is -0.142. The van der Waals surface area contributed by atoms with Crippen LogP contribution in [0.15, 0.2) is 18.2 Å². The number of benzene rings is 1. The maximum atomic E-state index is 12.1. The molecule has 2 N–H and O–H groups in total. The second kappa shape index (κ2) is 9.30. The standard InChI is InChI=1S/C16H22ClNO4/c1-3-5-9-13(16(20)21)18-14(19)10-11-7-6-8-12(17)15(11)22-4-2/h6-8,13H,3-5,9-10H2,1-2H3,(H,18,19)(H,20,21)/t13-/m0/s1. The summed E-state index contributed by atoms with van der Waals surface area (Å²) < 4.78 is 5.46. The summed E-state index contributed by atoms with van der Waals surface area (Å²) in [5, 5.41) is 12.1. The van der Waals surface area contributed by atoms with Crippen molar-refractivity contribution in [3.05, 3.63) is 28.8 Å². The first-order valence-corrected chi connectivity index (χ1v) is 7.79. The van der Waals surface area contributed by atoms with E-state index in [-0.39, 0.29) is 12.3 Å². The first-order chi connectivity index (χ1) is 10.5. The highest BCUT2D eigenvalue weighted by Crippen LogP contribution is 2.29. The number of amides is 1. The topological polar surface area (TPSA) is 75.6 Å². The van der Waals surface area contributed by atoms with Crippen LogP contribution in [0.25, 0.3) is 0 Å². The number of nitrogens with one attached hydrogen (secondary N) is 1. The van der Waals surface area contributed by atoms with Crippen molar-refractivity contribution in [2.24, 2.45) is 0 Å². The Morgan fingerprint density at radius 3 is 2.68 bits per heavy atom. The fourth-order valence-electron chi connectivity index (χ4n) is 2.08. The van der Waals surface area contributed by atoms with Gasteiger partial charge in [0.15, 0.2) is 0 Å². The van der Waals surface area contributed by atoms with Crippen LogP contribution in [0.4, 0.5) is 0 Å². The summed E-state index contributed by atoms with van der Waals surface area (Å²) >= 11 is 6.07. The van der Waals surface area contributed by atoms with Crippen molar-refractivity contribution >= 4 is 23.5 Å². The summed E-state index contributed by atoms with van der Waals surface area (Å²) in [4.78, 5) is 23.2. The normalized spacial score (nSPS) is 11.8. The van der Waals surface area contributed by atoms with Crippen molar-refractivity contribution in [1.82, 2.24) is 5.32 Å². The number of carbonyl (C=O) groups is 2. The van der Waals surface area contributed by atoms with E-state index in [4.69, 9.17) is 21.4 Å². The SMILES string of the molecule is CCCC[C@H](NC(=O)Cc1cccc(Cl)c1OCC)C(=O)O. The minimum Gasteiger partial charge on any atom is -0.492 e. The number of carbonyl (C=O) groups excluding carboxylic acids is 1. The highest BCUT2D eigenvalue weighted by atomic mass is 35.5. The van der Waals surface area contributed by atoms with Crippen molar-refractivity contribution in [2.45, 2.75) is 45.6 Å². The van der Waals surface area contributed by atoms with Gasteiger partial charge in [0.1, 0.15) is 11.8 Å². The van der Waals surface area contributed by atoms with E-state index >= 15 is 0 Å². The average Bonchev–Trinajstić information content (AvgIpc) is 2.46. The zero-order valence-electron chi connectivity index (χ0n) is 12.9. The van der Waals surface area contributed by atoms with E-state index in [2.05, 4.69) is 5.32 Å². The van der Waals surface area contributed by atoms with Crippen LogP contribution in [0, 0.1) is 0 Å². The van der Waals surface area contributed by atoms with Crippen molar-refractivity contribution < 1.29 is 19.4 Å². The predicted octanol–water partition coefficient (Wildman–Crippen LogP) is 3.04. The van der Waals surface area contributed by atoms with Crippen LogP contribution in [-0.2, 0) is 16.0 Å². The van der Waals surface area contributed by atoms with Crippen molar-refractivity contribution in [3.63, 3.8) is 0 Å². The van der Waals surface area contributed by atoms with Crippen LogP contribution < -0.4 is 10.1 Å². The molecule has 1 amide bonds. The summed E-state index contributed by atoms with van der Waals surface area (Å²) in [6.45, 7) is 4.24. The summed E-state index contributed by atoms with van der Waals surface area (Å²) in [7, 11) is 0. The Morgan fingerprint density at radius 1 is 1.36 bits per heavy atom. The lowest BCUT2D eigenvalue weighted by Gasteiger charge is -2.15. The Hall–Kier alpha value is -1.75. The molecule has 0 fully saturated rings. The number of para-hydroxylation sites is 1. The van der Waals surface area contributed by atoms with Gasteiger partial charge in [0.05, 0.1) is 18.1 Å². The molecule has 0 saturated heterocycles. The van der Waals surface area contributed by atoms with E-state index in [1.54, 1.807) is 18.2 Å². The molecular formula is C16H22ClNO4. The minimum absolute atomic E-state index is 0.0335. The van der Waals surface area contributed by atoms with Crippen LogP contribution in [0.3, 0.4) is 0 Å². The van der Waals surface area contributed by atoms with E-state index in [0.29, 0.717) is 29.4 Å². The van der Waals surface area contributed by atoms with Gasteiger partial charge >= 0.3 is 5.97 Å². The number of hydrogen-bond donors (Lipinski definition) is 2. The van der Waals surface area contributed by atoms with Crippen LogP contribution >= 0.6 is 11.6 Å². The Morgan fingerprint density at radius 2 is 2.09 bits per heavy atom. The molecule has 5 nitrogen and oxygen atoms in total. The fourth-order valence-corrected chi connectivity index (χ4v) is 2.33. The Bertz CT molecular complexity index is 519. The molecule has 0 aliphatic heterocycles. The van der Waals surface area contributed by atoms with Crippen LogP contribution in [-0.4, -0.2) is 29.6 Å². The second-order valence-electron chi connectivity index (χ2n) is 4.94. The molecule has 0 aromatic heterocycles. The van der Waals surface area contributed by atoms with Crippen LogP contribution in [0.1, 0.15) is 38.7 Å². The number of unbranched alkanes of at least 4 members (excludes halogenated alkanes) is 1. The monoisotopic (exact) mass is 327 g/mol. The second-order valence-corrected chi connectivity index (χ2v) is 5.35. The molecule has 1 aromatic carbocycles. The zero-order valence-corrected chi connectivity index (χ0v) is 13.7. The molecule has 0 bridgehead atoms. The lowest BCUT2D eigenvalue weighted by atomic mass is 10.1. The fraction of sp³-hybridized carbons (Fsp3) is 0.500. The summed E-state index contributed by atoms with van der Waals surface area (Å²) in [5.41, 5.74) is 0.645. The largest absolute Gasteiger partial charge is 0.492 e. The maximum absolute atomic E-state index is 12.1. The third kappa shape index (κ3) is 5.56. The van der Waals surface area contributed by atoms with Gasteiger partial charge in [-0.3, -0.25) is 4.79 Å². The van der Waals surface area contributed by atoms with Gasteiger partial charge in [-0.15, -0.1) is 0 Å². The molecule has 0 saturated carbocycles. The van der Waals surface area contributed by atoms with Gasteiger partial charge in [-0.25, -0.2) is 4.79 Å². The third-order valence-corrected chi connectivity index (χ3v) is 3.47. The summed E-state index contributed by atoms with van der Waals surface area (Å²) in [6.07, 6.45) is 2.08. The van der Waals surface area contributed by atoms with E-state index in [1.165, 1.54) is 0 Å². The molecule has 0 aliphatic rings. The Labute approximate surface area is 135 Å². The first kappa shape index (κ1) is 18.3. The number of halogens is 1. The number of carboxylic acids is 1. The molecule has 1 atom stereocenters. The van der Waals surface area contributed by atoms with Crippen molar-refractivity contribution in [1.29, 1.82) is 0 Å². The molecule has 0 heterocycles. The minimum atomic E-state index is -1.02. The molecule has 22 heavy (non-hydrogen) atoms. The highest BCUT2D eigenvalue weighted by Gasteiger charge is 2.20. The van der Waals surface area contributed by atoms with Gasteiger partial charge in [-0.1, -0.05) is 43.5 Å². The number of hydrogen-bond acceptors (Lipinski definition) is 3.